The van der Waals surface area contributed by atoms with Gasteiger partial charge in [-0.1, -0.05) is 25.3 Å². The minimum atomic E-state index is -0.104. The topological polar surface area (TPSA) is 26.3 Å². The van der Waals surface area contributed by atoms with Crippen molar-refractivity contribution in [3.63, 3.8) is 0 Å². The molecule has 1 spiro atoms. The maximum Gasteiger partial charge on any atom is 0.333 e. The number of methoxy groups -OCH3 is 1. The summed E-state index contributed by atoms with van der Waals surface area (Å²) in [5, 5.41) is 0. The minimum Gasteiger partial charge on any atom is -0.466 e. The molecule has 72 valence electrons. The summed E-state index contributed by atoms with van der Waals surface area (Å²) in [5.74, 6) is -0.104. The zero-order valence-corrected chi connectivity index (χ0v) is 8.14. The molecule has 2 nitrogen and oxygen atoms in total. The second-order valence-corrected chi connectivity index (χ2v) is 4.15. The lowest BCUT2D eigenvalue weighted by Crippen LogP contribution is -2.36. The van der Waals surface area contributed by atoms with Crippen LogP contribution in [0.3, 0.4) is 0 Å². The lowest BCUT2D eigenvalue weighted by atomic mass is 9.61. The van der Waals surface area contributed by atoms with Crippen molar-refractivity contribution in [2.75, 3.05) is 7.11 Å². The summed E-state index contributed by atoms with van der Waals surface area (Å²) in [6.07, 6.45) is 9.38. The molecule has 2 aliphatic carbocycles. The minimum absolute atomic E-state index is 0.104. The van der Waals surface area contributed by atoms with Crippen LogP contribution in [0, 0.1) is 5.41 Å². The Morgan fingerprint density at radius 3 is 2.54 bits per heavy atom. The van der Waals surface area contributed by atoms with Crippen LogP contribution < -0.4 is 0 Å². The molecule has 2 heteroatoms. The molecular formula is C11H16O2. The number of allylic oxidation sites excluding steroid dienone is 1. The molecule has 2 aliphatic rings. The van der Waals surface area contributed by atoms with Gasteiger partial charge in [-0.3, -0.25) is 0 Å². The van der Waals surface area contributed by atoms with Crippen LogP contribution in [-0.2, 0) is 9.53 Å². The van der Waals surface area contributed by atoms with Gasteiger partial charge in [0.25, 0.3) is 0 Å². The number of rotatable bonds is 1. The summed E-state index contributed by atoms with van der Waals surface area (Å²) in [7, 11) is 1.47. The van der Waals surface area contributed by atoms with E-state index in [1.165, 1.54) is 39.2 Å². The van der Waals surface area contributed by atoms with Gasteiger partial charge in [-0.05, 0) is 19.3 Å². The van der Waals surface area contributed by atoms with Gasteiger partial charge in [-0.15, -0.1) is 0 Å². The molecule has 0 aromatic heterocycles. The van der Waals surface area contributed by atoms with Gasteiger partial charge in [0.2, 0.25) is 0 Å². The molecule has 0 bridgehead atoms. The molecule has 2 rings (SSSR count). The van der Waals surface area contributed by atoms with Gasteiger partial charge in [0.15, 0.2) is 0 Å². The van der Waals surface area contributed by atoms with E-state index < -0.39 is 0 Å². The number of hydrogen-bond donors (Lipinski definition) is 0. The molecular weight excluding hydrogens is 164 g/mol. The zero-order chi connectivity index (χ0) is 9.31. The maximum absolute atomic E-state index is 11.4. The lowest BCUT2D eigenvalue weighted by Gasteiger charge is -2.43. The van der Waals surface area contributed by atoms with Crippen molar-refractivity contribution in [3.8, 4) is 0 Å². The first-order chi connectivity index (χ1) is 6.28. The largest absolute Gasteiger partial charge is 0.466 e. The summed E-state index contributed by atoms with van der Waals surface area (Å²) in [6.45, 7) is 0. The Balaban J connectivity index is 2.10. The zero-order valence-electron chi connectivity index (χ0n) is 8.14. The molecule has 0 aliphatic heterocycles. The van der Waals surface area contributed by atoms with Gasteiger partial charge in [-0.2, -0.15) is 0 Å². The summed E-state index contributed by atoms with van der Waals surface area (Å²) in [5.41, 5.74) is 1.18. The molecule has 1 fully saturated rings. The van der Waals surface area contributed by atoms with Crippen LogP contribution in [0.1, 0.15) is 38.5 Å². The third kappa shape index (κ3) is 1.28. The average Bonchev–Trinajstić information content (AvgIpc) is 2.17. The molecule has 0 unspecified atom stereocenters. The van der Waals surface area contributed by atoms with E-state index in [1.807, 2.05) is 6.08 Å². The molecule has 0 amide bonds. The van der Waals surface area contributed by atoms with E-state index in [9.17, 15) is 4.79 Å². The molecule has 13 heavy (non-hydrogen) atoms. The predicted octanol–water partition coefficient (Wildman–Crippen LogP) is 2.44. The van der Waals surface area contributed by atoms with Gasteiger partial charge >= 0.3 is 5.97 Å². The third-order valence-corrected chi connectivity index (χ3v) is 3.48. The smallest absolute Gasteiger partial charge is 0.333 e. The first-order valence-electron chi connectivity index (χ1n) is 5.07. The molecule has 0 atom stereocenters. The van der Waals surface area contributed by atoms with E-state index >= 15 is 0 Å². The van der Waals surface area contributed by atoms with Gasteiger partial charge in [0.1, 0.15) is 0 Å². The van der Waals surface area contributed by atoms with Crippen LogP contribution in [0.4, 0.5) is 0 Å². The Morgan fingerprint density at radius 1 is 1.38 bits per heavy atom. The second-order valence-electron chi connectivity index (χ2n) is 4.15. The van der Waals surface area contributed by atoms with Crippen molar-refractivity contribution >= 4 is 5.97 Å². The van der Waals surface area contributed by atoms with Gasteiger partial charge < -0.3 is 4.74 Å². The Hall–Kier alpha value is -0.790. The van der Waals surface area contributed by atoms with E-state index in [0.29, 0.717) is 0 Å². The maximum atomic E-state index is 11.4. The highest BCUT2D eigenvalue weighted by atomic mass is 16.5. The van der Waals surface area contributed by atoms with Crippen LogP contribution in [-0.4, -0.2) is 13.1 Å². The first kappa shape index (κ1) is 8.79. The van der Waals surface area contributed by atoms with E-state index in [1.54, 1.807) is 0 Å². The van der Waals surface area contributed by atoms with E-state index in [0.717, 1.165) is 12.0 Å². The Bertz CT molecular complexity index is 247. The number of hydrogen-bond acceptors (Lipinski definition) is 2. The molecule has 1 saturated carbocycles. The normalized spacial score (nSPS) is 24.8. The highest BCUT2D eigenvalue weighted by Gasteiger charge is 2.44. The molecule has 0 heterocycles. The molecule has 0 saturated heterocycles. The predicted molar refractivity (Wildman–Crippen MR) is 50.2 cm³/mol. The van der Waals surface area contributed by atoms with Crippen molar-refractivity contribution in [1.29, 1.82) is 0 Å². The fourth-order valence-corrected chi connectivity index (χ4v) is 2.60. The summed E-state index contributed by atoms with van der Waals surface area (Å²) < 4.78 is 4.77. The van der Waals surface area contributed by atoms with Crippen LogP contribution in [0.5, 0.6) is 0 Å². The summed E-state index contributed by atoms with van der Waals surface area (Å²) >= 11 is 0. The SMILES string of the molecule is COC(=O)C1=CCC12CCCCC2. The van der Waals surface area contributed by atoms with Crippen LogP contribution in [0.25, 0.3) is 0 Å². The third-order valence-electron chi connectivity index (χ3n) is 3.48. The second kappa shape index (κ2) is 3.17. The number of carbonyl (C=O) groups excluding carboxylic acids is 1. The molecule has 0 aromatic carbocycles. The van der Waals surface area contributed by atoms with Crippen molar-refractivity contribution in [3.05, 3.63) is 11.6 Å². The van der Waals surface area contributed by atoms with Gasteiger partial charge in [0.05, 0.1) is 7.11 Å². The Morgan fingerprint density at radius 2 is 2.08 bits per heavy atom. The highest BCUT2D eigenvalue weighted by molar-refractivity contribution is 5.91. The monoisotopic (exact) mass is 180 g/mol. The van der Waals surface area contributed by atoms with Gasteiger partial charge in [-0.25, -0.2) is 4.79 Å². The van der Waals surface area contributed by atoms with E-state index in [2.05, 4.69) is 0 Å². The van der Waals surface area contributed by atoms with Crippen molar-refractivity contribution in [1.82, 2.24) is 0 Å². The van der Waals surface area contributed by atoms with Gasteiger partial charge in [0, 0.05) is 11.0 Å². The van der Waals surface area contributed by atoms with Crippen LogP contribution in [0.2, 0.25) is 0 Å². The standard InChI is InChI=1S/C11H16O2/c1-13-10(12)9-5-8-11(9)6-3-2-4-7-11/h5H,2-4,6-8H2,1H3. The number of ether oxygens (including phenoxy) is 1. The first-order valence-corrected chi connectivity index (χ1v) is 5.07. The van der Waals surface area contributed by atoms with E-state index in [-0.39, 0.29) is 11.4 Å². The number of carbonyl (C=O) groups is 1. The van der Waals surface area contributed by atoms with Crippen molar-refractivity contribution < 1.29 is 9.53 Å². The molecule has 0 radical (unpaired) electrons. The van der Waals surface area contributed by atoms with Crippen molar-refractivity contribution in [2.24, 2.45) is 5.41 Å². The van der Waals surface area contributed by atoms with Crippen molar-refractivity contribution in [2.45, 2.75) is 38.5 Å². The summed E-state index contributed by atoms with van der Waals surface area (Å²) in [6, 6.07) is 0. The Kier molecular flexibility index (Phi) is 2.14. The van der Waals surface area contributed by atoms with Crippen LogP contribution >= 0.6 is 0 Å². The lowest BCUT2D eigenvalue weighted by molar-refractivity contribution is -0.138. The average molecular weight is 180 g/mol. The fourth-order valence-electron chi connectivity index (χ4n) is 2.60. The number of esters is 1. The van der Waals surface area contributed by atoms with Crippen LogP contribution in [0.15, 0.2) is 11.6 Å². The van der Waals surface area contributed by atoms with E-state index in [4.69, 9.17) is 4.74 Å². The quantitative estimate of drug-likeness (QED) is 0.579. The Labute approximate surface area is 79.0 Å². The summed E-state index contributed by atoms with van der Waals surface area (Å²) in [4.78, 5) is 11.4. The molecule has 0 aromatic rings. The molecule has 0 N–H and O–H groups in total. The fraction of sp³-hybridized carbons (Fsp3) is 0.727. The highest BCUT2D eigenvalue weighted by Crippen LogP contribution is 2.51.